The third-order valence-electron chi connectivity index (χ3n) is 5.51. The van der Waals surface area contributed by atoms with Gasteiger partial charge in [-0.3, -0.25) is 4.79 Å². The Kier molecular flexibility index (Phi) is 3.96. The summed E-state index contributed by atoms with van der Waals surface area (Å²) in [5, 5.41) is 9.96. The summed E-state index contributed by atoms with van der Waals surface area (Å²) in [5.41, 5.74) is 0.250. The van der Waals surface area contributed by atoms with Crippen LogP contribution in [0.3, 0.4) is 0 Å². The van der Waals surface area contributed by atoms with Crippen LogP contribution in [-0.2, 0) is 19.0 Å². The van der Waals surface area contributed by atoms with Crippen molar-refractivity contribution in [3.05, 3.63) is 69.1 Å². The van der Waals surface area contributed by atoms with E-state index in [0.717, 1.165) is 29.4 Å². The number of rotatable bonds is 1. The zero-order valence-corrected chi connectivity index (χ0v) is 15.8. The monoisotopic (exact) mass is 416 g/mol. The fourth-order valence-electron chi connectivity index (χ4n) is 4.27. The topological polar surface area (TPSA) is 66.0 Å². The van der Waals surface area contributed by atoms with Crippen molar-refractivity contribution in [2.75, 3.05) is 0 Å². The number of halogens is 3. The summed E-state index contributed by atoms with van der Waals surface area (Å²) < 4.78 is 43.0. The van der Waals surface area contributed by atoms with Gasteiger partial charge >= 0.3 is 6.18 Å². The molecule has 0 saturated heterocycles. The summed E-state index contributed by atoms with van der Waals surface area (Å²) in [7, 11) is 0. The highest BCUT2D eigenvalue weighted by Crippen LogP contribution is 2.47. The average Bonchev–Trinajstić information content (AvgIpc) is 3.03. The Morgan fingerprint density at radius 2 is 1.97 bits per heavy atom. The standard InChI is InChI=1S/C21H15F3N2O2S/c22-21(23,24)17-12-8-11(10-4-2-1-3-5-10)6-7-13(12)25-20-16(17)18-19(29-20)14(27)9-15(28)26-18/h1-5,9,11H,6-8H2,(H2,26,27,28)/t11-/m1/s1. The van der Waals surface area contributed by atoms with Gasteiger partial charge in [-0.15, -0.1) is 11.3 Å². The number of H-pyrrole nitrogens is 1. The Balaban J connectivity index is 1.82. The van der Waals surface area contributed by atoms with Crippen molar-refractivity contribution < 1.29 is 18.3 Å². The Bertz CT molecular complexity index is 1310. The summed E-state index contributed by atoms with van der Waals surface area (Å²) in [6.07, 6.45) is -3.21. The maximum Gasteiger partial charge on any atom is 0.417 e. The van der Waals surface area contributed by atoms with Crippen molar-refractivity contribution in [3.63, 3.8) is 0 Å². The van der Waals surface area contributed by atoms with Crippen LogP contribution in [0.1, 0.15) is 34.7 Å². The molecule has 4 nitrogen and oxygen atoms in total. The zero-order chi connectivity index (χ0) is 20.3. The third-order valence-corrected chi connectivity index (χ3v) is 6.62. The number of aromatic nitrogens is 2. The van der Waals surface area contributed by atoms with Gasteiger partial charge in [-0.1, -0.05) is 30.3 Å². The Hall–Kier alpha value is -2.87. The number of nitrogens with one attached hydrogen (secondary N) is 1. The zero-order valence-electron chi connectivity index (χ0n) is 15.0. The number of aryl methyl sites for hydroxylation is 1. The maximum absolute atomic E-state index is 14.3. The molecule has 1 atom stereocenters. The lowest BCUT2D eigenvalue weighted by atomic mass is 9.80. The van der Waals surface area contributed by atoms with Crippen LogP contribution in [0.5, 0.6) is 5.75 Å². The molecule has 3 heterocycles. The number of thiophene rings is 1. The van der Waals surface area contributed by atoms with E-state index in [4.69, 9.17) is 0 Å². The van der Waals surface area contributed by atoms with Crippen molar-refractivity contribution in [1.82, 2.24) is 9.97 Å². The lowest BCUT2D eigenvalue weighted by Crippen LogP contribution is -2.20. The van der Waals surface area contributed by atoms with Gasteiger partial charge in [0.2, 0.25) is 0 Å². The lowest BCUT2D eigenvalue weighted by molar-refractivity contribution is -0.137. The highest BCUT2D eigenvalue weighted by Gasteiger charge is 2.40. The van der Waals surface area contributed by atoms with E-state index in [-0.39, 0.29) is 44.1 Å². The number of nitrogens with zero attached hydrogens (tertiary/aromatic N) is 1. The summed E-state index contributed by atoms with van der Waals surface area (Å²) in [5.74, 6) is -0.360. The first kappa shape index (κ1) is 18.2. The van der Waals surface area contributed by atoms with E-state index >= 15 is 0 Å². The Morgan fingerprint density at radius 1 is 1.21 bits per heavy atom. The normalized spacial score (nSPS) is 17.0. The van der Waals surface area contributed by atoms with E-state index in [0.29, 0.717) is 12.1 Å². The van der Waals surface area contributed by atoms with E-state index in [1.165, 1.54) is 0 Å². The molecule has 0 fully saturated rings. The predicted molar refractivity (Wildman–Crippen MR) is 106 cm³/mol. The quantitative estimate of drug-likeness (QED) is 0.452. The van der Waals surface area contributed by atoms with Gasteiger partial charge in [0.05, 0.1) is 15.8 Å². The van der Waals surface area contributed by atoms with Crippen LogP contribution in [-0.4, -0.2) is 15.1 Å². The maximum atomic E-state index is 14.3. The van der Waals surface area contributed by atoms with Gasteiger partial charge < -0.3 is 10.1 Å². The fraction of sp³-hybridized carbons (Fsp3) is 0.238. The van der Waals surface area contributed by atoms with Crippen LogP contribution in [0, 0.1) is 0 Å². The molecule has 2 N–H and O–H groups in total. The number of hydrogen-bond donors (Lipinski definition) is 2. The van der Waals surface area contributed by atoms with Crippen molar-refractivity contribution in [3.8, 4) is 5.75 Å². The molecule has 3 aromatic heterocycles. The first-order valence-electron chi connectivity index (χ1n) is 9.15. The SMILES string of the molecule is O=c1cc(O)c2sc3nc4c(c(C(F)(F)F)c3c2[nH]1)C[C@H](c1ccccc1)CC4. The fourth-order valence-corrected chi connectivity index (χ4v) is 5.35. The molecule has 0 amide bonds. The summed E-state index contributed by atoms with van der Waals surface area (Å²) >= 11 is 0.966. The van der Waals surface area contributed by atoms with E-state index < -0.39 is 17.3 Å². The molecule has 29 heavy (non-hydrogen) atoms. The lowest BCUT2D eigenvalue weighted by Gasteiger charge is -2.27. The van der Waals surface area contributed by atoms with Crippen molar-refractivity contribution in [1.29, 1.82) is 0 Å². The van der Waals surface area contributed by atoms with Gasteiger partial charge in [0.1, 0.15) is 10.6 Å². The van der Waals surface area contributed by atoms with Gasteiger partial charge in [0.25, 0.3) is 5.56 Å². The summed E-state index contributed by atoms with van der Waals surface area (Å²) in [6.45, 7) is 0. The average molecular weight is 416 g/mol. The van der Waals surface area contributed by atoms with Gasteiger partial charge in [0.15, 0.2) is 0 Å². The van der Waals surface area contributed by atoms with Gasteiger partial charge in [-0.25, -0.2) is 4.98 Å². The van der Waals surface area contributed by atoms with Crippen LogP contribution < -0.4 is 5.56 Å². The van der Waals surface area contributed by atoms with Gasteiger partial charge in [0, 0.05) is 17.1 Å². The summed E-state index contributed by atoms with van der Waals surface area (Å²) in [6, 6.07) is 10.5. The number of aromatic hydroxyl groups is 1. The third kappa shape index (κ3) is 2.90. The molecule has 1 aliphatic rings. The summed E-state index contributed by atoms with van der Waals surface area (Å²) in [4.78, 5) is 19.0. The highest BCUT2D eigenvalue weighted by atomic mass is 32.1. The van der Waals surface area contributed by atoms with Crippen LogP contribution >= 0.6 is 11.3 Å². The smallest absolute Gasteiger partial charge is 0.417 e. The molecule has 0 bridgehead atoms. The van der Waals surface area contributed by atoms with E-state index in [2.05, 4.69) is 9.97 Å². The number of hydrogen-bond acceptors (Lipinski definition) is 4. The molecule has 148 valence electrons. The molecule has 5 rings (SSSR count). The van der Waals surface area contributed by atoms with E-state index in [9.17, 15) is 23.1 Å². The van der Waals surface area contributed by atoms with E-state index in [1.807, 2.05) is 30.3 Å². The van der Waals surface area contributed by atoms with Gasteiger partial charge in [-0.05, 0) is 36.3 Å². The first-order chi connectivity index (χ1) is 13.8. The molecule has 0 unspecified atom stereocenters. The minimum atomic E-state index is -4.61. The number of fused-ring (bicyclic) bond motifs is 4. The molecular formula is C21H15F3N2O2S. The van der Waals surface area contributed by atoms with Crippen LogP contribution in [0.2, 0.25) is 0 Å². The second-order valence-corrected chi connectivity index (χ2v) is 8.26. The van der Waals surface area contributed by atoms with Crippen LogP contribution in [0.15, 0.2) is 41.2 Å². The number of aromatic amines is 1. The molecule has 0 spiro atoms. The second-order valence-electron chi connectivity index (χ2n) is 7.27. The van der Waals surface area contributed by atoms with Crippen molar-refractivity contribution >= 4 is 31.8 Å². The molecule has 0 aliphatic heterocycles. The van der Waals surface area contributed by atoms with Crippen LogP contribution in [0.4, 0.5) is 13.2 Å². The minimum Gasteiger partial charge on any atom is -0.506 e. The number of benzene rings is 1. The molecule has 0 saturated carbocycles. The first-order valence-corrected chi connectivity index (χ1v) is 9.97. The van der Waals surface area contributed by atoms with Crippen molar-refractivity contribution in [2.45, 2.75) is 31.4 Å². The minimum absolute atomic E-state index is 0.000500. The van der Waals surface area contributed by atoms with Crippen molar-refractivity contribution in [2.24, 2.45) is 0 Å². The molecule has 8 heteroatoms. The Morgan fingerprint density at radius 3 is 2.69 bits per heavy atom. The highest BCUT2D eigenvalue weighted by molar-refractivity contribution is 7.25. The largest absolute Gasteiger partial charge is 0.506 e. The molecular weight excluding hydrogens is 401 g/mol. The van der Waals surface area contributed by atoms with Gasteiger partial charge in [-0.2, -0.15) is 13.2 Å². The van der Waals surface area contributed by atoms with Crippen LogP contribution in [0.25, 0.3) is 20.4 Å². The van der Waals surface area contributed by atoms with E-state index in [1.54, 1.807) is 0 Å². The Labute approximate surface area is 166 Å². The second kappa shape index (κ2) is 6.32. The molecule has 4 aromatic rings. The number of alkyl halides is 3. The molecule has 0 radical (unpaired) electrons. The molecule has 1 aliphatic carbocycles. The number of pyridine rings is 2. The predicted octanol–water partition coefficient (Wildman–Crippen LogP) is 5.13. The molecule has 1 aromatic carbocycles.